The summed E-state index contributed by atoms with van der Waals surface area (Å²) >= 11 is 0. The number of hydrogen-bond acceptors (Lipinski definition) is 5. The molecule has 2 N–H and O–H groups in total. The molecule has 0 spiro atoms. The van der Waals surface area contributed by atoms with Gasteiger partial charge in [0.15, 0.2) is 0 Å². The highest BCUT2D eigenvalue weighted by Gasteiger charge is 2.47. The number of likely N-dealkylation sites (tertiary alicyclic amines) is 1. The Kier molecular flexibility index (Phi) is 7.77. The van der Waals surface area contributed by atoms with E-state index in [4.69, 9.17) is 0 Å². The summed E-state index contributed by atoms with van der Waals surface area (Å²) in [5, 5.41) is 6.02. The highest BCUT2D eigenvalue weighted by Crippen LogP contribution is 2.42. The van der Waals surface area contributed by atoms with E-state index in [2.05, 4.69) is 27.5 Å². The van der Waals surface area contributed by atoms with Gasteiger partial charge in [0.25, 0.3) is 5.91 Å². The summed E-state index contributed by atoms with van der Waals surface area (Å²) in [7, 11) is 0. The van der Waals surface area contributed by atoms with Gasteiger partial charge < -0.3 is 15.5 Å². The lowest BCUT2D eigenvalue weighted by Crippen LogP contribution is -2.60. The normalized spacial score (nSPS) is 26.6. The van der Waals surface area contributed by atoms with Crippen LogP contribution in [-0.2, 0) is 9.59 Å². The molecule has 3 fully saturated rings. The van der Waals surface area contributed by atoms with E-state index in [-0.39, 0.29) is 29.5 Å². The molecule has 2 aliphatic carbocycles. The van der Waals surface area contributed by atoms with Crippen LogP contribution in [0.1, 0.15) is 89.5 Å². The van der Waals surface area contributed by atoms with Gasteiger partial charge in [0.2, 0.25) is 11.8 Å². The van der Waals surface area contributed by atoms with Crippen molar-refractivity contribution in [1.82, 2.24) is 25.5 Å². The Morgan fingerprint density at radius 2 is 1.74 bits per heavy atom. The first-order valence-electron chi connectivity index (χ1n) is 13.3. The van der Waals surface area contributed by atoms with Crippen molar-refractivity contribution in [2.45, 2.75) is 97.2 Å². The number of aromatic nitrogens is 2. The van der Waals surface area contributed by atoms with E-state index in [1.54, 1.807) is 0 Å². The molecule has 192 valence electrons. The smallest absolute Gasteiger partial charge is 0.272 e. The molecule has 1 saturated heterocycles. The van der Waals surface area contributed by atoms with Crippen molar-refractivity contribution in [2.75, 3.05) is 6.54 Å². The second-order valence-corrected chi connectivity index (χ2v) is 11.8. The third-order valence-corrected chi connectivity index (χ3v) is 8.43. The number of nitrogens with one attached hydrogen (secondary N) is 2. The molecule has 8 heteroatoms. The quantitative estimate of drug-likeness (QED) is 0.646. The van der Waals surface area contributed by atoms with Crippen LogP contribution in [0, 0.1) is 23.2 Å². The zero-order valence-electron chi connectivity index (χ0n) is 21.6. The molecule has 1 aliphatic heterocycles. The van der Waals surface area contributed by atoms with Crippen LogP contribution in [0.15, 0.2) is 18.6 Å². The Balaban J connectivity index is 1.52. The molecule has 3 aliphatic rings. The van der Waals surface area contributed by atoms with E-state index in [9.17, 15) is 14.4 Å². The van der Waals surface area contributed by atoms with E-state index in [0.717, 1.165) is 38.6 Å². The second-order valence-electron chi connectivity index (χ2n) is 11.8. The fourth-order valence-corrected chi connectivity index (χ4v) is 6.41. The number of hydrogen-bond donors (Lipinski definition) is 2. The van der Waals surface area contributed by atoms with Crippen LogP contribution >= 0.6 is 0 Å². The van der Waals surface area contributed by atoms with Crippen molar-refractivity contribution in [2.24, 2.45) is 23.2 Å². The van der Waals surface area contributed by atoms with Gasteiger partial charge in [-0.05, 0) is 55.8 Å². The van der Waals surface area contributed by atoms with Crippen LogP contribution in [0.2, 0.25) is 0 Å². The molecule has 5 atom stereocenters. The molecule has 3 amide bonds. The maximum Gasteiger partial charge on any atom is 0.272 e. The van der Waals surface area contributed by atoms with Gasteiger partial charge in [-0.25, -0.2) is 4.98 Å². The molecule has 0 radical (unpaired) electrons. The number of amides is 3. The first kappa shape index (κ1) is 25.6. The Hall–Kier alpha value is -2.51. The largest absolute Gasteiger partial charge is 0.342 e. The Labute approximate surface area is 209 Å². The van der Waals surface area contributed by atoms with Crippen LogP contribution in [0.5, 0.6) is 0 Å². The second kappa shape index (κ2) is 10.6. The minimum absolute atomic E-state index is 0.00426. The van der Waals surface area contributed by atoms with Gasteiger partial charge in [-0.2, -0.15) is 0 Å². The number of nitrogens with zero attached hydrogens (tertiary/aromatic N) is 3. The van der Waals surface area contributed by atoms with Crippen LogP contribution in [0.3, 0.4) is 0 Å². The minimum atomic E-state index is -0.710. The number of carbonyl (C=O) groups is 3. The van der Waals surface area contributed by atoms with E-state index in [0.29, 0.717) is 11.8 Å². The average molecular weight is 484 g/mol. The van der Waals surface area contributed by atoms with Gasteiger partial charge in [0.05, 0.1) is 6.20 Å². The van der Waals surface area contributed by atoms with Crippen molar-refractivity contribution >= 4 is 17.7 Å². The van der Waals surface area contributed by atoms with Crippen LogP contribution in [-0.4, -0.2) is 57.3 Å². The van der Waals surface area contributed by atoms with E-state index in [1.165, 1.54) is 37.9 Å². The Morgan fingerprint density at radius 1 is 1.00 bits per heavy atom. The molecule has 0 aromatic carbocycles. The lowest BCUT2D eigenvalue weighted by molar-refractivity contribution is -0.141. The van der Waals surface area contributed by atoms with Gasteiger partial charge in [0.1, 0.15) is 17.8 Å². The monoisotopic (exact) mass is 483 g/mol. The fraction of sp³-hybridized carbons (Fsp3) is 0.741. The topological polar surface area (TPSA) is 104 Å². The molecule has 4 rings (SSSR count). The average Bonchev–Trinajstić information content (AvgIpc) is 3.43. The number of fused-ring (bicyclic) bond motifs is 1. The number of carbonyl (C=O) groups excluding carboxylic acids is 3. The Morgan fingerprint density at radius 3 is 2.37 bits per heavy atom. The highest BCUT2D eigenvalue weighted by atomic mass is 16.2. The van der Waals surface area contributed by atoms with Gasteiger partial charge in [-0.1, -0.05) is 46.5 Å². The number of rotatable bonds is 6. The highest BCUT2D eigenvalue weighted by molar-refractivity contribution is 5.97. The van der Waals surface area contributed by atoms with Gasteiger partial charge in [-0.3, -0.25) is 19.4 Å². The zero-order chi connectivity index (χ0) is 25.2. The first-order chi connectivity index (χ1) is 16.7. The standard InChI is InChI=1S/C27H41N5O3/c1-17-20-12-8-11-19(20)16-32(17)26(35)23(27(2,3)4)31-25(34)22(18-9-6-5-7-10-18)30-24(33)21-15-28-13-14-29-21/h13-15,17-20,22-23H,5-12,16H2,1-4H3,(H,30,33)(H,31,34). The summed E-state index contributed by atoms with van der Waals surface area (Å²) in [6.07, 6.45) is 12.9. The Bertz CT molecular complexity index is 909. The van der Waals surface area contributed by atoms with Gasteiger partial charge in [0, 0.05) is 25.0 Å². The molecule has 1 aromatic heterocycles. The molecular weight excluding hydrogens is 442 g/mol. The third kappa shape index (κ3) is 5.67. The molecule has 1 aromatic rings. The predicted molar refractivity (Wildman–Crippen MR) is 133 cm³/mol. The summed E-state index contributed by atoms with van der Waals surface area (Å²) in [6, 6.07) is -1.17. The van der Waals surface area contributed by atoms with Crippen LogP contribution < -0.4 is 10.6 Å². The van der Waals surface area contributed by atoms with E-state index >= 15 is 0 Å². The SMILES string of the molecule is CC1C2CCCC2CN1C(=O)C(NC(=O)C(NC(=O)c1cnccn1)C1CCCCC1)C(C)(C)C. The maximum atomic E-state index is 13.8. The maximum absolute atomic E-state index is 13.8. The lowest BCUT2D eigenvalue weighted by atomic mass is 9.82. The lowest BCUT2D eigenvalue weighted by Gasteiger charge is -2.37. The zero-order valence-corrected chi connectivity index (χ0v) is 21.6. The summed E-state index contributed by atoms with van der Waals surface area (Å²) in [5.41, 5.74) is -0.280. The van der Waals surface area contributed by atoms with Crippen molar-refractivity contribution in [3.63, 3.8) is 0 Å². The van der Waals surface area contributed by atoms with Crippen LogP contribution in [0.25, 0.3) is 0 Å². The molecule has 0 bridgehead atoms. The van der Waals surface area contributed by atoms with Gasteiger partial charge >= 0.3 is 0 Å². The summed E-state index contributed by atoms with van der Waals surface area (Å²) in [5.74, 6) is 0.474. The summed E-state index contributed by atoms with van der Waals surface area (Å²) < 4.78 is 0. The van der Waals surface area contributed by atoms with Crippen molar-refractivity contribution in [3.8, 4) is 0 Å². The molecule has 8 nitrogen and oxygen atoms in total. The minimum Gasteiger partial charge on any atom is -0.342 e. The van der Waals surface area contributed by atoms with Crippen molar-refractivity contribution in [1.29, 1.82) is 0 Å². The summed E-state index contributed by atoms with van der Waals surface area (Å²) in [6.45, 7) is 8.91. The third-order valence-electron chi connectivity index (χ3n) is 8.43. The molecule has 5 unspecified atom stereocenters. The summed E-state index contributed by atoms with van der Waals surface area (Å²) in [4.78, 5) is 50.5. The molecule has 2 saturated carbocycles. The first-order valence-corrected chi connectivity index (χ1v) is 13.3. The fourth-order valence-electron chi connectivity index (χ4n) is 6.41. The van der Waals surface area contributed by atoms with Crippen molar-refractivity contribution < 1.29 is 14.4 Å². The van der Waals surface area contributed by atoms with Gasteiger partial charge in [-0.15, -0.1) is 0 Å². The van der Waals surface area contributed by atoms with E-state index in [1.807, 2.05) is 25.7 Å². The molecule has 2 heterocycles. The van der Waals surface area contributed by atoms with Crippen molar-refractivity contribution in [3.05, 3.63) is 24.3 Å². The van der Waals surface area contributed by atoms with E-state index < -0.39 is 23.4 Å². The van der Waals surface area contributed by atoms with Crippen LogP contribution in [0.4, 0.5) is 0 Å². The molecule has 35 heavy (non-hydrogen) atoms. The molecular formula is C27H41N5O3. The predicted octanol–water partition coefficient (Wildman–Crippen LogP) is 3.33.